The number of aliphatic carboxylic acids is 1. The van der Waals surface area contributed by atoms with Crippen molar-refractivity contribution in [1.82, 2.24) is 10.2 Å². The predicted octanol–water partition coefficient (Wildman–Crippen LogP) is 2.94. The average Bonchev–Trinajstić information content (AvgIpc) is 2.58. The molecule has 0 fully saturated rings. The summed E-state index contributed by atoms with van der Waals surface area (Å²) in [5.41, 5.74) is 1.17. The number of hydrogen-bond donors (Lipinski definition) is 3. The zero-order valence-corrected chi connectivity index (χ0v) is 14.9. The molecule has 0 atom stereocenters. The van der Waals surface area contributed by atoms with E-state index >= 15 is 0 Å². The van der Waals surface area contributed by atoms with Gasteiger partial charge in [-0.15, -0.1) is 0 Å². The molecule has 25 heavy (non-hydrogen) atoms. The van der Waals surface area contributed by atoms with Crippen molar-refractivity contribution in [3.05, 3.63) is 29.8 Å². The summed E-state index contributed by atoms with van der Waals surface area (Å²) < 4.78 is 0. The Bertz CT molecular complexity index is 566. The highest BCUT2D eigenvalue weighted by molar-refractivity contribution is 5.95. The first kappa shape index (κ1) is 20.5. The minimum Gasteiger partial charge on any atom is -0.481 e. The smallest absolute Gasteiger partial charge is 0.319 e. The van der Waals surface area contributed by atoms with Crippen LogP contribution in [-0.2, 0) is 4.79 Å². The largest absolute Gasteiger partial charge is 0.481 e. The van der Waals surface area contributed by atoms with Gasteiger partial charge in [0.15, 0.2) is 0 Å². The predicted molar refractivity (Wildman–Crippen MR) is 96.8 cm³/mol. The lowest BCUT2D eigenvalue weighted by atomic mass is 10.1. The van der Waals surface area contributed by atoms with Crippen LogP contribution in [0.4, 0.5) is 10.5 Å². The highest BCUT2D eigenvalue weighted by atomic mass is 16.4. The molecule has 7 heteroatoms. The van der Waals surface area contributed by atoms with E-state index in [1.165, 1.54) is 0 Å². The van der Waals surface area contributed by atoms with Crippen LogP contribution in [-0.4, -0.2) is 47.5 Å². The van der Waals surface area contributed by atoms with Crippen molar-refractivity contribution in [2.24, 2.45) is 0 Å². The molecular formula is C18H27N3O4. The van der Waals surface area contributed by atoms with Crippen molar-refractivity contribution in [2.75, 3.05) is 25.0 Å². The van der Waals surface area contributed by atoms with E-state index in [0.717, 1.165) is 25.9 Å². The molecule has 0 bridgehead atoms. The third kappa shape index (κ3) is 7.69. The number of hydrogen-bond acceptors (Lipinski definition) is 3. The first-order chi connectivity index (χ1) is 12.0. The third-order valence-electron chi connectivity index (χ3n) is 3.52. The number of urea groups is 1. The van der Waals surface area contributed by atoms with Crippen LogP contribution in [0.15, 0.2) is 24.3 Å². The molecule has 0 aliphatic rings. The number of carboxylic acids is 1. The van der Waals surface area contributed by atoms with E-state index < -0.39 is 12.0 Å². The molecule has 138 valence electrons. The van der Waals surface area contributed by atoms with Crippen LogP contribution in [0, 0.1) is 0 Å². The summed E-state index contributed by atoms with van der Waals surface area (Å²) in [5.74, 6) is -0.893. The Hall–Kier alpha value is -2.57. The molecule has 0 saturated carbocycles. The van der Waals surface area contributed by atoms with Gasteiger partial charge in [-0.1, -0.05) is 13.8 Å². The minimum absolute atomic E-state index is 0.00614. The van der Waals surface area contributed by atoms with Crippen LogP contribution in [0.5, 0.6) is 0 Å². The summed E-state index contributed by atoms with van der Waals surface area (Å²) in [6.45, 7) is 5.82. The topological polar surface area (TPSA) is 98.7 Å². The molecule has 1 aromatic carbocycles. The van der Waals surface area contributed by atoms with Gasteiger partial charge in [0.05, 0.1) is 0 Å². The Morgan fingerprint density at radius 3 is 2.16 bits per heavy atom. The van der Waals surface area contributed by atoms with Gasteiger partial charge in [-0.25, -0.2) is 4.79 Å². The fourth-order valence-electron chi connectivity index (χ4n) is 2.35. The first-order valence-electron chi connectivity index (χ1n) is 8.63. The Morgan fingerprint density at radius 1 is 1.04 bits per heavy atom. The highest BCUT2D eigenvalue weighted by Crippen LogP contribution is 2.12. The van der Waals surface area contributed by atoms with Crippen molar-refractivity contribution < 1.29 is 19.5 Å². The molecule has 1 rings (SSSR count). The number of amides is 3. The number of carboxylic acid groups (broad SMARTS) is 1. The zero-order valence-electron chi connectivity index (χ0n) is 14.9. The maximum atomic E-state index is 12.5. The fraction of sp³-hybridized carbons (Fsp3) is 0.500. The monoisotopic (exact) mass is 349 g/mol. The van der Waals surface area contributed by atoms with Crippen molar-refractivity contribution >= 4 is 23.6 Å². The normalized spacial score (nSPS) is 10.2. The highest BCUT2D eigenvalue weighted by Gasteiger charge is 2.14. The Kier molecular flexibility index (Phi) is 9.06. The lowest BCUT2D eigenvalue weighted by Crippen LogP contribution is -2.32. The van der Waals surface area contributed by atoms with Crippen molar-refractivity contribution in [3.8, 4) is 0 Å². The maximum absolute atomic E-state index is 12.5. The SMILES string of the molecule is CCCN(CCC)C(=O)c1ccc(NC(=O)NCCCC(=O)O)cc1. The number of nitrogens with zero attached hydrogens (tertiary/aromatic N) is 1. The molecule has 0 heterocycles. The molecule has 0 radical (unpaired) electrons. The van der Waals surface area contributed by atoms with Crippen LogP contribution < -0.4 is 10.6 Å². The van der Waals surface area contributed by atoms with Gasteiger partial charge >= 0.3 is 12.0 Å². The fourth-order valence-corrected chi connectivity index (χ4v) is 2.35. The lowest BCUT2D eigenvalue weighted by molar-refractivity contribution is -0.137. The molecule has 0 aliphatic heterocycles. The molecule has 0 unspecified atom stereocenters. The van der Waals surface area contributed by atoms with Gasteiger partial charge in [0, 0.05) is 37.3 Å². The van der Waals surface area contributed by atoms with Gasteiger partial charge in [0.1, 0.15) is 0 Å². The number of rotatable bonds is 10. The average molecular weight is 349 g/mol. The van der Waals surface area contributed by atoms with E-state index in [-0.39, 0.29) is 18.9 Å². The first-order valence-corrected chi connectivity index (χ1v) is 8.63. The molecule has 0 saturated heterocycles. The molecule has 1 aromatic rings. The maximum Gasteiger partial charge on any atom is 0.319 e. The van der Waals surface area contributed by atoms with Crippen molar-refractivity contribution in [3.63, 3.8) is 0 Å². The van der Waals surface area contributed by atoms with Crippen LogP contribution in [0.1, 0.15) is 49.9 Å². The van der Waals surface area contributed by atoms with Crippen LogP contribution in [0.25, 0.3) is 0 Å². The third-order valence-corrected chi connectivity index (χ3v) is 3.52. The Labute approximate surface area is 148 Å². The molecule has 0 aromatic heterocycles. The second-order valence-electron chi connectivity index (χ2n) is 5.75. The van der Waals surface area contributed by atoms with Crippen molar-refractivity contribution in [2.45, 2.75) is 39.5 Å². The number of anilines is 1. The molecular weight excluding hydrogens is 322 g/mol. The van der Waals surface area contributed by atoms with E-state index in [2.05, 4.69) is 10.6 Å². The standard InChI is InChI=1S/C18H27N3O4/c1-3-12-21(13-4-2)17(24)14-7-9-15(10-8-14)20-18(25)19-11-5-6-16(22)23/h7-10H,3-6,11-13H2,1-2H3,(H,22,23)(H2,19,20,25). The summed E-state index contributed by atoms with van der Waals surface area (Å²) in [6.07, 6.45) is 2.21. The minimum atomic E-state index is -0.886. The summed E-state index contributed by atoms with van der Waals surface area (Å²) in [5, 5.41) is 13.8. The molecule has 3 N–H and O–H groups in total. The van der Waals surface area contributed by atoms with Gasteiger partial charge in [0.2, 0.25) is 0 Å². The Balaban J connectivity index is 2.53. The van der Waals surface area contributed by atoms with E-state index in [4.69, 9.17) is 5.11 Å². The summed E-state index contributed by atoms with van der Waals surface area (Å²) in [6, 6.07) is 6.35. The van der Waals surface area contributed by atoms with Crippen LogP contribution in [0.2, 0.25) is 0 Å². The lowest BCUT2D eigenvalue weighted by Gasteiger charge is -2.21. The number of carbonyl (C=O) groups excluding carboxylic acids is 2. The van der Waals surface area contributed by atoms with Gasteiger partial charge in [0.25, 0.3) is 5.91 Å². The second kappa shape index (κ2) is 11.1. The van der Waals surface area contributed by atoms with Gasteiger partial charge in [-0.2, -0.15) is 0 Å². The van der Waals surface area contributed by atoms with E-state index in [9.17, 15) is 14.4 Å². The van der Waals surface area contributed by atoms with Gasteiger partial charge in [-0.05, 0) is 43.5 Å². The van der Waals surface area contributed by atoms with E-state index in [1.807, 2.05) is 18.7 Å². The molecule has 7 nitrogen and oxygen atoms in total. The summed E-state index contributed by atoms with van der Waals surface area (Å²) >= 11 is 0. The van der Waals surface area contributed by atoms with Gasteiger partial charge < -0.3 is 20.6 Å². The molecule has 0 spiro atoms. The Morgan fingerprint density at radius 2 is 1.64 bits per heavy atom. The number of nitrogens with one attached hydrogen (secondary N) is 2. The number of benzene rings is 1. The van der Waals surface area contributed by atoms with Crippen LogP contribution in [0.3, 0.4) is 0 Å². The van der Waals surface area contributed by atoms with Gasteiger partial charge in [-0.3, -0.25) is 9.59 Å². The zero-order chi connectivity index (χ0) is 18.7. The molecule has 0 aliphatic carbocycles. The number of carbonyl (C=O) groups is 3. The van der Waals surface area contributed by atoms with Crippen molar-refractivity contribution in [1.29, 1.82) is 0 Å². The van der Waals surface area contributed by atoms with E-state index in [1.54, 1.807) is 24.3 Å². The second-order valence-corrected chi connectivity index (χ2v) is 5.75. The molecule has 3 amide bonds. The van der Waals surface area contributed by atoms with Crippen LogP contribution >= 0.6 is 0 Å². The summed E-state index contributed by atoms with van der Waals surface area (Å²) in [7, 11) is 0. The van der Waals surface area contributed by atoms with E-state index in [0.29, 0.717) is 17.7 Å². The summed E-state index contributed by atoms with van der Waals surface area (Å²) in [4.78, 5) is 36.4. The quantitative estimate of drug-likeness (QED) is 0.566.